The quantitative estimate of drug-likeness (QED) is 0.896. The first kappa shape index (κ1) is 16.4. The van der Waals surface area contributed by atoms with Crippen LogP contribution in [0.2, 0.25) is 0 Å². The van der Waals surface area contributed by atoms with Crippen LogP contribution in [0, 0.1) is 22.6 Å². The molecule has 0 bridgehead atoms. The van der Waals surface area contributed by atoms with Gasteiger partial charge in [0.25, 0.3) is 0 Å². The third kappa shape index (κ3) is 3.42. The molecule has 0 aromatic heterocycles. The van der Waals surface area contributed by atoms with Gasteiger partial charge in [0.2, 0.25) is 5.91 Å². The molecule has 0 radical (unpaired) electrons. The number of piperidine rings is 1. The summed E-state index contributed by atoms with van der Waals surface area (Å²) in [6, 6.07) is 6.38. The molecule has 2 aliphatic rings. The fourth-order valence-corrected chi connectivity index (χ4v) is 3.89. The molecule has 1 saturated carbocycles. The maximum absolute atomic E-state index is 13.2. The lowest BCUT2D eigenvalue weighted by atomic mass is 9.82. The molecule has 4 heteroatoms. The highest BCUT2D eigenvalue weighted by Crippen LogP contribution is 2.58. The average Bonchev–Trinajstić information content (AvgIpc) is 3.19. The summed E-state index contributed by atoms with van der Waals surface area (Å²) in [4.78, 5) is 12.8. The van der Waals surface area contributed by atoms with E-state index >= 15 is 0 Å². The Bertz CT molecular complexity index is 570. The Hall–Kier alpha value is -1.42. The number of amides is 1. The predicted octanol–water partition coefficient (Wildman–Crippen LogP) is 3.42. The average molecular weight is 318 g/mol. The summed E-state index contributed by atoms with van der Waals surface area (Å²) in [6.45, 7) is 8.35. The van der Waals surface area contributed by atoms with Crippen molar-refractivity contribution in [3.63, 3.8) is 0 Å². The van der Waals surface area contributed by atoms with Crippen LogP contribution in [-0.2, 0) is 4.79 Å². The molecule has 1 aromatic carbocycles. The first-order chi connectivity index (χ1) is 10.8. The van der Waals surface area contributed by atoms with Crippen molar-refractivity contribution in [2.45, 2.75) is 46.1 Å². The van der Waals surface area contributed by atoms with Crippen molar-refractivity contribution in [2.75, 3.05) is 13.1 Å². The zero-order valence-corrected chi connectivity index (χ0v) is 14.3. The Labute approximate surface area is 138 Å². The number of benzene rings is 1. The zero-order valence-electron chi connectivity index (χ0n) is 14.3. The Morgan fingerprint density at radius 1 is 1.26 bits per heavy atom. The molecule has 2 N–H and O–H groups in total. The van der Waals surface area contributed by atoms with E-state index in [-0.39, 0.29) is 34.5 Å². The zero-order chi connectivity index (χ0) is 16.7. The monoisotopic (exact) mass is 318 g/mol. The molecule has 1 saturated heterocycles. The summed E-state index contributed by atoms with van der Waals surface area (Å²) in [6.07, 6.45) is 3.21. The van der Waals surface area contributed by atoms with Gasteiger partial charge >= 0.3 is 0 Å². The van der Waals surface area contributed by atoms with Crippen molar-refractivity contribution in [3.8, 4) is 0 Å². The lowest BCUT2D eigenvalue weighted by molar-refractivity contribution is -0.124. The highest BCUT2D eigenvalue weighted by molar-refractivity contribution is 5.83. The van der Waals surface area contributed by atoms with Gasteiger partial charge < -0.3 is 10.6 Å². The summed E-state index contributed by atoms with van der Waals surface area (Å²) in [5.74, 6) is 0.0645. The van der Waals surface area contributed by atoms with Crippen molar-refractivity contribution < 1.29 is 9.18 Å². The summed E-state index contributed by atoms with van der Waals surface area (Å²) >= 11 is 0. The predicted molar refractivity (Wildman–Crippen MR) is 89.4 cm³/mol. The SMILES string of the molecule is CC(C)(C)[C@@H](NC(=O)[C@@H]1CC12CCNCC2)c1ccc(F)cc1. The van der Waals surface area contributed by atoms with E-state index in [4.69, 9.17) is 0 Å². The van der Waals surface area contributed by atoms with Crippen LogP contribution >= 0.6 is 0 Å². The van der Waals surface area contributed by atoms with Gasteiger partial charge in [-0.3, -0.25) is 4.79 Å². The Morgan fingerprint density at radius 2 is 1.87 bits per heavy atom. The molecular formula is C19H27FN2O. The van der Waals surface area contributed by atoms with E-state index in [1.54, 1.807) is 12.1 Å². The molecule has 1 amide bonds. The minimum absolute atomic E-state index is 0.102. The Balaban J connectivity index is 1.72. The molecular weight excluding hydrogens is 291 g/mol. The van der Waals surface area contributed by atoms with Gasteiger partial charge in [0.05, 0.1) is 6.04 Å². The van der Waals surface area contributed by atoms with Crippen molar-refractivity contribution in [3.05, 3.63) is 35.6 Å². The number of carbonyl (C=O) groups is 1. The van der Waals surface area contributed by atoms with Gasteiger partial charge in [-0.25, -0.2) is 4.39 Å². The topological polar surface area (TPSA) is 41.1 Å². The smallest absolute Gasteiger partial charge is 0.224 e. The first-order valence-electron chi connectivity index (χ1n) is 8.58. The summed E-state index contributed by atoms with van der Waals surface area (Å²) in [7, 11) is 0. The fraction of sp³-hybridized carbons (Fsp3) is 0.632. The highest BCUT2D eigenvalue weighted by atomic mass is 19.1. The standard InChI is InChI=1S/C19H27FN2O/c1-18(2,3)16(13-4-6-14(20)7-5-13)22-17(23)15-12-19(15)8-10-21-11-9-19/h4-7,15-16,21H,8-12H2,1-3H3,(H,22,23)/t15-,16-/m0/s1. The van der Waals surface area contributed by atoms with E-state index in [0.717, 1.165) is 37.9 Å². The van der Waals surface area contributed by atoms with Crippen molar-refractivity contribution in [2.24, 2.45) is 16.7 Å². The summed E-state index contributed by atoms with van der Waals surface area (Å²) in [5, 5.41) is 6.61. The molecule has 1 aliphatic carbocycles. The van der Waals surface area contributed by atoms with Crippen LogP contribution < -0.4 is 10.6 Å². The second-order valence-corrected chi connectivity index (χ2v) is 8.23. The maximum Gasteiger partial charge on any atom is 0.224 e. The molecule has 0 unspecified atom stereocenters. The van der Waals surface area contributed by atoms with E-state index in [1.165, 1.54) is 12.1 Å². The number of rotatable bonds is 3. The third-order valence-corrected chi connectivity index (χ3v) is 5.46. The normalized spacial score (nSPS) is 24.3. The molecule has 2 fully saturated rings. The van der Waals surface area contributed by atoms with Gasteiger partial charge in [-0.2, -0.15) is 0 Å². The third-order valence-electron chi connectivity index (χ3n) is 5.46. The van der Waals surface area contributed by atoms with Crippen LogP contribution in [0.5, 0.6) is 0 Å². The number of hydrogen-bond acceptors (Lipinski definition) is 2. The second-order valence-electron chi connectivity index (χ2n) is 8.23. The minimum atomic E-state index is -0.247. The fourth-order valence-electron chi connectivity index (χ4n) is 3.89. The number of nitrogens with one attached hydrogen (secondary N) is 2. The minimum Gasteiger partial charge on any atom is -0.349 e. The van der Waals surface area contributed by atoms with Crippen LogP contribution in [0.1, 0.15) is 51.6 Å². The van der Waals surface area contributed by atoms with Crippen LogP contribution in [0.4, 0.5) is 4.39 Å². The van der Waals surface area contributed by atoms with Crippen LogP contribution in [0.15, 0.2) is 24.3 Å². The van der Waals surface area contributed by atoms with Crippen LogP contribution in [0.25, 0.3) is 0 Å². The van der Waals surface area contributed by atoms with Gasteiger partial charge in [-0.05, 0) is 60.9 Å². The van der Waals surface area contributed by atoms with Gasteiger partial charge in [0, 0.05) is 5.92 Å². The number of carbonyl (C=O) groups excluding carboxylic acids is 1. The number of hydrogen-bond donors (Lipinski definition) is 2. The molecule has 3 nitrogen and oxygen atoms in total. The molecule has 1 spiro atoms. The summed E-state index contributed by atoms with van der Waals surface area (Å²) in [5.41, 5.74) is 1.08. The maximum atomic E-state index is 13.2. The second kappa shape index (κ2) is 5.90. The first-order valence-corrected chi connectivity index (χ1v) is 8.58. The molecule has 1 aliphatic heterocycles. The molecule has 3 rings (SSSR count). The number of halogens is 1. The molecule has 1 heterocycles. The van der Waals surface area contributed by atoms with E-state index in [0.29, 0.717) is 0 Å². The Kier molecular flexibility index (Phi) is 4.21. The van der Waals surface area contributed by atoms with E-state index in [9.17, 15) is 9.18 Å². The van der Waals surface area contributed by atoms with Crippen LogP contribution in [-0.4, -0.2) is 19.0 Å². The molecule has 1 aromatic rings. The summed E-state index contributed by atoms with van der Waals surface area (Å²) < 4.78 is 13.2. The Morgan fingerprint density at radius 3 is 2.43 bits per heavy atom. The van der Waals surface area contributed by atoms with Crippen molar-refractivity contribution in [1.82, 2.24) is 10.6 Å². The highest BCUT2D eigenvalue weighted by Gasteiger charge is 2.58. The van der Waals surface area contributed by atoms with Gasteiger partial charge in [-0.1, -0.05) is 32.9 Å². The van der Waals surface area contributed by atoms with E-state index < -0.39 is 0 Å². The van der Waals surface area contributed by atoms with Crippen molar-refractivity contribution in [1.29, 1.82) is 0 Å². The van der Waals surface area contributed by atoms with Gasteiger partial charge in [0.1, 0.15) is 5.82 Å². The van der Waals surface area contributed by atoms with Gasteiger partial charge in [0.15, 0.2) is 0 Å². The van der Waals surface area contributed by atoms with Crippen LogP contribution in [0.3, 0.4) is 0 Å². The van der Waals surface area contributed by atoms with E-state index in [1.807, 2.05) is 0 Å². The molecule has 126 valence electrons. The molecule has 2 atom stereocenters. The lowest BCUT2D eigenvalue weighted by Gasteiger charge is -2.32. The lowest BCUT2D eigenvalue weighted by Crippen LogP contribution is -2.39. The largest absolute Gasteiger partial charge is 0.349 e. The molecule has 23 heavy (non-hydrogen) atoms. The van der Waals surface area contributed by atoms with E-state index in [2.05, 4.69) is 31.4 Å². The van der Waals surface area contributed by atoms with Crippen molar-refractivity contribution >= 4 is 5.91 Å². The van der Waals surface area contributed by atoms with Gasteiger partial charge in [-0.15, -0.1) is 0 Å².